The lowest BCUT2D eigenvalue weighted by Crippen LogP contribution is -2.50. The molecule has 3 aromatic heterocycles. The fourth-order valence-corrected chi connectivity index (χ4v) is 5.74. The van der Waals surface area contributed by atoms with E-state index in [4.69, 9.17) is 9.47 Å². The Balaban J connectivity index is 1.17. The molecule has 0 aliphatic carbocycles. The number of ether oxygens (including phenoxy) is 2. The molecule has 0 amide bonds. The van der Waals surface area contributed by atoms with Crippen molar-refractivity contribution in [2.45, 2.75) is 25.9 Å². The normalized spacial score (nSPS) is 15.4. The van der Waals surface area contributed by atoms with Gasteiger partial charge in [0.2, 0.25) is 17.4 Å². The van der Waals surface area contributed by atoms with Gasteiger partial charge in [0.05, 0.1) is 48.6 Å². The summed E-state index contributed by atoms with van der Waals surface area (Å²) in [6.45, 7) is 5.24. The second-order valence-electron chi connectivity index (χ2n) is 10.6. The van der Waals surface area contributed by atoms with Crippen LogP contribution in [0.1, 0.15) is 32.7 Å². The maximum absolute atomic E-state index is 14.1. The summed E-state index contributed by atoms with van der Waals surface area (Å²) in [5.74, 6) is -1.85. The molecule has 2 N–H and O–H groups in total. The van der Waals surface area contributed by atoms with Crippen LogP contribution in [0.4, 0.5) is 14.6 Å². The molecule has 2 aromatic carbocycles. The lowest BCUT2D eigenvalue weighted by Gasteiger charge is -2.40. The first-order valence-electron chi connectivity index (χ1n) is 13.8. The number of aromatic nitrogens is 4. The number of anilines is 1. The minimum Gasteiger partial charge on any atom is -0.433 e. The number of nitrogens with one attached hydrogen (secondary N) is 2. The van der Waals surface area contributed by atoms with Gasteiger partial charge in [-0.2, -0.15) is 5.10 Å². The lowest BCUT2D eigenvalue weighted by atomic mass is 9.94. The molecule has 0 bridgehead atoms. The highest BCUT2D eigenvalue weighted by Gasteiger charge is 2.30. The molecule has 1 fully saturated rings. The number of pyridine rings is 1. The minimum atomic E-state index is -0.825. The molecule has 42 heavy (non-hydrogen) atoms. The first-order valence-corrected chi connectivity index (χ1v) is 13.8. The molecule has 2 aliphatic heterocycles. The Morgan fingerprint density at radius 2 is 1.95 bits per heavy atom. The largest absolute Gasteiger partial charge is 0.433 e. The van der Waals surface area contributed by atoms with Crippen LogP contribution in [0.2, 0.25) is 0 Å². The summed E-state index contributed by atoms with van der Waals surface area (Å²) >= 11 is 0. The van der Waals surface area contributed by atoms with E-state index in [1.807, 2.05) is 12.1 Å². The van der Waals surface area contributed by atoms with E-state index in [9.17, 15) is 13.6 Å². The van der Waals surface area contributed by atoms with Gasteiger partial charge in [-0.05, 0) is 54.3 Å². The number of halogens is 2. The van der Waals surface area contributed by atoms with Crippen molar-refractivity contribution in [3.05, 3.63) is 94.4 Å². The van der Waals surface area contributed by atoms with Gasteiger partial charge in [0.25, 0.3) is 0 Å². The molecule has 0 unspecified atom stereocenters. The maximum atomic E-state index is 14.1. The van der Waals surface area contributed by atoms with Crippen LogP contribution in [-0.4, -0.2) is 63.3 Å². The molecule has 0 atom stereocenters. The topological polar surface area (TPSA) is 97.3 Å². The molecule has 0 saturated carbocycles. The van der Waals surface area contributed by atoms with Crippen molar-refractivity contribution >= 4 is 22.5 Å². The number of hydrogen-bond donors (Lipinski definition) is 2. The van der Waals surface area contributed by atoms with Crippen LogP contribution in [0.25, 0.3) is 16.6 Å². The van der Waals surface area contributed by atoms with Gasteiger partial charge in [0.1, 0.15) is 5.82 Å². The van der Waals surface area contributed by atoms with Gasteiger partial charge >= 0.3 is 0 Å². The third kappa shape index (κ3) is 4.41. The fourth-order valence-electron chi connectivity index (χ4n) is 5.74. The first kappa shape index (κ1) is 26.3. The molecule has 0 spiro atoms. The summed E-state index contributed by atoms with van der Waals surface area (Å²) in [7, 11) is 1.71. The lowest BCUT2D eigenvalue weighted by molar-refractivity contribution is -0.0694. The number of hydrogen-bond acceptors (Lipinski definition) is 7. The molecule has 5 aromatic rings. The van der Waals surface area contributed by atoms with Gasteiger partial charge in [-0.3, -0.25) is 9.69 Å². The molecular formula is C31H28F2N6O3. The van der Waals surface area contributed by atoms with Crippen molar-refractivity contribution in [3.63, 3.8) is 0 Å². The standard InChI is InChI=1S/C31H28F2N6O3/c1-17-10-28(42-30-23(32)4-3-5-24(30)33)35-13-27(17)39-31(34-2)22(12-36-39)29(40)26-11-21-20-8-9-38(19-15-41-16-19)14-18(20)6-7-25(21)37-26/h3-7,10-13,19,34,37H,8-9,14-16H2,1-2H3. The van der Waals surface area contributed by atoms with Gasteiger partial charge in [-0.25, -0.2) is 18.4 Å². The van der Waals surface area contributed by atoms with E-state index in [0.29, 0.717) is 34.4 Å². The van der Waals surface area contributed by atoms with E-state index >= 15 is 0 Å². The number of fused-ring (bicyclic) bond motifs is 3. The number of aromatic amines is 1. The zero-order valence-electron chi connectivity index (χ0n) is 23.1. The van der Waals surface area contributed by atoms with E-state index in [-0.39, 0.29) is 11.7 Å². The van der Waals surface area contributed by atoms with Crippen LogP contribution in [0.15, 0.2) is 54.9 Å². The Bertz CT molecular complexity index is 1820. The van der Waals surface area contributed by atoms with Gasteiger partial charge in [0.15, 0.2) is 11.6 Å². The third-order valence-electron chi connectivity index (χ3n) is 8.08. The second-order valence-corrected chi connectivity index (χ2v) is 10.6. The van der Waals surface area contributed by atoms with Crippen molar-refractivity contribution in [3.8, 4) is 17.3 Å². The van der Waals surface area contributed by atoms with Crippen LogP contribution in [0.5, 0.6) is 11.6 Å². The number of carbonyl (C=O) groups excluding carboxylic acids is 1. The van der Waals surface area contributed by atoms with Crippen LogP contribution >= 0.6 is 0 Å². The summed E-state index contributed by atoms with van der Waals surface area (Å²) in [5, 5.41) is 8.63. The molecule has 2 aliphatic rings. The van der Waals surface area contributed by atoms with Crippen molar-refractivity contribution < 1.29 is 23.0 Å². The summed E-state index contributed by atoms with van der Waals surface area (Å²) < 4.78 is 40.5. The smallest absolute Gasteiger partial charge is 0.219 e. The summed E-state index contributed by atoms with van der Waals surface area (Å²) in [6, 6.07) is 11.7. The quantitative estimate of drug-likeness (QED) is 0.261. The Morgan fingerprint density at radius 1 is 1.14 bits per heavy atom. The van der Waals surface area contributed by atoms with Crippen LogP contribution in [0.3, 0.4) is 0 Å². The molecule has 9 nitrogen and oxygen atoms in total. The summed E-state index contributed by atoms with van der Waals surface area (Å²) in [4.78, 5) is 23.8. The van der Waals surface area contributed by atoms with Crippen molar-refractivity contribution in [2.75, 3.05) is 32.1 Å². The summed E-state index contributed by atoms with van der Waals surface area (Å²) in [5.41, 5.74) is 5.62. The predicted octanol–water partition coefficient (Wildman–Crippen LogP) is 5.16. The van der Waals surface area contributed by atoms with Gasteiger partial charge in [-0.15, -0.1) is 0 Å². The number of carbonyl (C=O) groups is 1. The van der Waals surface area contributed by atoms with Crippen LogP contribution in [0, 0.1) is 18.6 Å². The van der Waals surface area contributed by atoms with Crippen molar-refractivity contribution in [1.29, 1.82) is 0 Å². The van der Waals surface area contributed by atoms with E-state index in [2.05, 4.69) is 31.3 Å². The molecule has 0 radical (unpaired) electrons. The monoisotopic (exact) mass is 570 g/mol. The maximum Gasteiger partial charge on any atom is 0.219 e. The Hall–Kier alpha value is -4.61. The van der Waals surface area contributed by atoms with E-state index in [1.54, 1.807) is 24.7 Å². The second kappa shape index (κ2) is 10.3. The molecule has 1 saturated heterocycles. The summed E-state index contributed by atoms with van der Waals surface area (Å²) in [6.07, 6.45) is 3.93. The Kier molecular flexibility index (Phi) is 6.47. The van der Waals surface area contributed by atoms with Gasteiger partial charge in [0, 0.05) is 37.1 Å². The van der Waals surface area contributed by atoms with E-state index < -0.39 is 17.4 Å². The van der Waals surface area contributed by atoms with Gasteiger partial charge < -0.3 is 19.8 Å². The average molecular weight is 571 g/mol. The highest BCUT2D eigenvalue weighted by molar-refractivity contribution is 6.13. The fraction of sp³-hybridized carbons (Fsp3) is 0.258. The van der Waals surface area contributed by atoms with Crippen LogP contribution < -0.4 is 10.1 Å². The first-order chi connectivity index (χ1) is 20.4. The Labute approximate surface area is 240 Å². The van der Waals surface area contributed by atoms with Crippen molar-refractivity contribution in [2.24, 2.45) is 0 Å². The molecule has 214 valence electrons. The number of rotatable bonds is 7. The zero-order valence-corrected chi connectivity index (χ0v) is 23.1. The van der Waals surface area contributed by atoms with Crippen molar-refractivity contribution in [1.82, 2.24) is 24.6 Å². The number of benzene rings is 2. The average Bonchev–Trinajstić information content (AvgIpc) is 3.58. The van der Waals surface area contributed by atoms with Gasteiger partial charge in [-0.1, -0.05) is 12.1 Å². The number of para-hydroxylation sites is 1. The minimum absolute atomic E-state index is 0.0280. The number of ketones is 1. The molecule has 7 rings (SSSR count). The number of H-pyrrole nitrogens is 1. The molecule has 5 heterocycles. The highest BCUT2D eigenvalue weighted by Crippen LogP contribution is 2.33. The molecule has 11 heteroatoms. The highest BCUT2D eigenvalue weighted by atomic mass is 19.1. The SMILES string of the molecule is CNc1c(C(=O)c2cc3c4c(ccc3[nH]2)CN(C2COC2)CC4)cnn1-c1cnc(Oc2c(F)cccc2F)cc1C. The predicted molar refractivity (Wildman–Crippen MR) is 153 cm³/mol. The Morgan fingerprint density at radius 3 is 2.67 bits per heavy atom. The number of nitrogens with zero attached hydrogens (tertiary/aromatic N) is 4. The number of aryl methyl sites for hydroxylation is 1. The van der Waals surface area contributed by atoms with Crippen LogP contribution in [-0.2, 0) is 17.7 Å². The zero-order chi connectivity index (χ0) is 29.0. The third-order valence-corrected chi connectivity index (χ3v) is 8.08. The van der Waals surface area contributed by atoms with E-state index in [1.165, 1.54) is 29.6 Å². The molecular weight excluding hydrogens is 542 g/mol. The van der Waals surface area contributed by atoms with E-state index in [0.717, 1.165) is 55.8 Å².